The Labute approximate surface area is 239 Å². The predicted octanol–water partition coefficient (Wildman–Crippen LogP) is 4.75. The smallest absolute Gasteiger partial charge is 0.291 e. The number of thiazole rings is 1. The highest BCUT2D eigenvalue weighted by Crippen LogP contribution is 2.28. The predicted molar refractivity (Wildman–Crippen MR) is 160 cm³/mol. The molecule has 0 aliphatic carbocycles. The fraction of sp³-hybridized carbons (Fsp3) is 0.0968. The van der Waals surface area contributed by atoms with E-state index in [1.54, 1.807) is 27.4 Å². The number of nitrogens with zero attached hydrogens (tertiary/aromatic N) is 5. The molecule has 41 heavy (non-hydrogen) atoms. The number of benzene rings is 3. The zero-order valence-electron chi connectivity index (χ0n) is 22.5. The lowest BCUT2D eigenvalue weighted by Gasteiger charge is -2.07. The maximum absolute atomic E-state index is 13.3. The Morgan fingerprint density at radius 1 is 0.829 bits per heavy atom. The van der Waals surface area contributed by atoms with Crippen LogP contribution in [-0.2, 0) is 0 Å². The van der Waals surface area contributed by atoms with Crippen LogP contribution in [0, 0.1) is 0 Å². The number of hydrogen-bond donors (Lipinski definition) is 0. The van der Waals surface area contributed by atoms with Crippen LogP contribution in [0.1, 0.15) is 17.0 Å². The molecule has 0 atom stereocenters. The third-order valence-electron chi connectivity index (χ3n) is 6.44. The largest absolute Gasteiger partial charge is 0.497 e. The van der Waals surface area contributed by atoms with Gasteiger partial charge in [-0.1, -0.05) is 41.7 Å². The number of ether oxygens (including phenoxy) is 3. The van der Waals surface area contributed by atoms with Gasteiger partial charge in [0.1, 0.15) is 11.4 Å². The van der Waals surface area contributed by atoms with E-state index < -0.39 is 0 Å². The Morgan fingerprint density at radius 3 is 2.32 bits per heavy atom. The minimum atomic E-state index is -0.239. The molecule has 0 saturated heterocycles. The average Bonchev–Trinajstić information content (AvgIpc) is 3.71. The minimum Gasteiger partial charge on any atom is -0.497 e. The van der Waals surface area contributed by atoms with Gasteiger partial charge in [0.25, 0.3) is 5.56 Å². The quantitative estimate of drug-likeness (QED) is 0.264. The van der Waals surface area contributed by atoms with Crippen LogP contribution in [-0.4, -0.2) is 45.7 Å². The third-order valence-corrected chi connectivity index (χ3v) is 7.40. The van der Waals surface area contributed by atoms with E-state index >= 15 is 0 Å². The van der Waals surface area contributed by atoms with Gasteiger partial charge in [0.2, 0.25) is 4.96 Å². The van der Waals surface area contributed by atoms with Gasteiger partial charge in [-0.3, -0.25) is 4.79 Å². The molecule has 6 aromatic rings. The fourth-order valence-corrected chi connectivity index (χ4v) is 5.27. The van der Waals surface area contributed by atoms with Crippen LogP contribution in [0.5, 0.6) is 17.2 Å². The first-order valence-electron chi connectivity index (χ1n) is 12.7. The summed E-state index contributed by atoms with van der Waals surface area (Å²) in [6, 6.07) is 23.1. The van der Waals surface area contributed by atoms with Crippen LogP contribution in [0.3, 0.4) is 0 Å². The van der Waals surface area contributed by atoms with Crippen LogP contribution in [0.15, 0.2) is 83.8 Å². The van der Waals surface area contributed by atoms with Crippen molar-refractivity contribution < 1.29 is 14.2 Å². The lowest BCUT2D eigenvalue weighted by Crippen LogP contribution is -2.23. The normalized spacial score (nSPS) is 11.9. The van der Waals surface area contributed by atoms with Crippen LogP contribution < -0.4 is 24.3 Å². The standard InChI is InChI=1S/C31H25N5O4S/c1-38-24-13-11-21(12-14-24)29-22(19-35(34-29)23-7-5-4-6-8-23)18-27-30(37)36-31(41-27)32-28(33-36)16-10-20-9-15-25(39-2)26(17-20)40-3/h4-19H,1-3H3. The molecule has 10 heteroatoms. The van der Waals surface area contributed by atoms with Gasteiger partial charge < -0.3 is 14.2 Å². The molecule has 0 unspecified atom stereocenters. The van der Waals surface area contributed by atoms with Gasteiger partial charge in [0, 0.05) is 17.3 Å². The van der Waals surface area contributed by atoms with Crippen molar-refractivity contribution in [3.63, 3.8) is 0 Å². The number of rotatable bonds is 8. The van der Waals surface area contributed by atoms with Crippen LogP contribution in [0.2, 0.25) is 0 Å². The monoisotopic (exact) mass is 563 g/mol. The molecule has 0 aliphatic rings. The van der Waals surface area contributed by atoms with Crippen molar-refractivity contribution in [3.8, 4) is 34.2 Å². The maximum atomic E-state index is 13.3. The van der Waals surface area contributed by atoms with E-state index in [2.05, 4.69) is 10.1 Å². The molecule has 0 amide bonds. The summed E-state index contributed by atoms with van der Waals surface area (Å²) in [5, 5.41) is 9.27. The molecular formula is C31H25N5O4S. The summed E-state index contributed by atoms with van der Waals surface area (Å²) in [4.78, 5) is 18.4. The molecule has 0 radical (unpaired) electrons. The molecule has 9 nitrogen and oxygen atoms in total. The molecule has 0 aliphatic heterocycles. The first-order chi connectivity index (χ1) is 20.1. The fourth-order valence-electron chi connectivity index (χ4n) is 4.37. The second kappa shape index (κ2) is 11.1. The number of fused-ring (bicyclic) bond motifs is 1. The SMILES string of the molecule is COc1ccc(-c2nn(-c3ccccc3)cc2C=c2sc3nc(C=Cc4ccc(OC)c(OC)c4)nn3c2=O)cc1. The van der Waals surface area contributed by atoms with E-state index in [1.165, 1.54) is 15.9 Å². The highest BCUT2D eigenvalue weighted by atomic mass is 32.1. The molecule has 0 fully saturated rings. The van der Waals surface area contributed by atoms with Crippen molar-refractivity contribution in [1.29, 1.82) is 0 Å². The molecule has 204 valence electrons. The van der Waals surface area contributed by atoms with Gasteiger partial charge >= 0.3 is 0 Å². The average molecular weight is 564 g/mol. The van der Waals surface area contributed by atoms with E-state index in [0.29, 0.717) is 26.8 Å². The van der Waals surface area contributed by atoms with E-state index in [1.807, 2.05) is 95.8 Å². The number of methoxy groups -OCH3 is 3. The molecular weight excluding hydrogens is 538 g/mol. The zero-order valence-corrected chi connectivity index (χ0v) is 23.3. The molecule has 3 aromatic heterocycles. The Hall–Kier alpha value is -5.22. The Bertz CT molecular complexity index is 1980. The van der Waals surface area contributed by atoms with Crippen molar-refractivity contribution in [2.24, 2.45) is 0 Å². The Kier molecular flexibility index (Phi) is 7.05. The summed E-state index contributed by atoms with van der Waals surface area (Å²) in [5.41, 5.74) is 4.01. The van der Waals surface area contributed by atoms with Gasteiger partial charge in [0.05, 0.1) is 31.5 Å². The lowest BCUT2D eigenvalue weighted by atomic mass is 10.1. The van der Waals surface area contributed by atoms with Crippen LogP contribution in [0.25, 0.3) is 40.1 Å². The third kappa shape index (κ3) is 5.20. The summed E-state index contributed by atoms with van der Waals surface area (Å²) in [6.45, 7) is 0. The highest BCUT2D eigenvalue weighted by Gasteiger charge is 2.14. The molecule has 3 heterocycles. The van der Waals surface area contributed by atoms with Crippen molar-refractivity contribution in [2.75, 3.05) is 21.3 Å². The van der Waals surface area contributed by atoms with Crippen molar-refractivity contribution >= 4 is 34.5 Å². The molecule has 0 spiro atoms. The van der Waals surface area contributed by atoms with Crippen molar-refractivity contribution in [3.05, 3.63) is 111 Å². The van der Waals surface area contributed by atoms with Gasteiger partial charge in [-0.2, -0.15) is 14.6 Å². The summed E-state index contributed by atoms with van der Waals surface area (Å²) < 4.78 is 19.6. The molecule has 0 saturated carbocycles. The van der Waals surface area contributed by atoms with Gasteiger partial charge in [0.15, 0.2) is 17.3 Å². The molecule has 0 bridgehead atoms. The molecule has 6 rings (SSSR count). The van der Waals surface area contributed by atoms with Crippen molar-refractivity contribution in [2.45, 2.75) is 0 Å². The van der Waals surface area contributed by atoms with Crippen molar-refractivity contribution in [1.82, 2.24) is 24.4 Å². The molecule has 3 aromatic carbocycles. The number of para-hydroxylation sites is 1. The van der Waals surface area contributed by atoms with Gasteiger partial charge in [-0.25, -0.2) is 4.68 Å². The zero-order chi connectivity index (χ0) is 28.3. The van der Waals surface area contributed by atoms with Crippen LogP contribution >= 0.6 is 11.3 Å². The summed E-state index contributed by atoms with van der Waals surface area (Å²) in [6.07, 6.45) is 7.38. The summed E-state index contributed by atoms with van der Waals surface area (Å²) >= 11 is 1.28. The summed E-state index contributed by atoms with van der Waals surface area (Å²) in [7, 11) is 4.82. The highest BCUT2D eigenvalue weighted by molar-refractivity contribution is 7.15. The minimum absolute atomic E-state index is 0.239. The Balaban J connectivity index is 1.37. The van der Waals surface area contributed by atoms with Gasteiger partial charge in [-0.05, 0) is 66.2 Å². The first kappa shape index (κ1) is 26.0. The van der Waals surface area contributed by atoms with E-state index in [9.17, 15) is 4.79 Å². The van der Waals surface area contributed by atoms with E-state index in [0.717, 1.165) is 33.8 Å². The first-order valence-corrected chi connectivity index (χ1v) is 13.5. The van der Waals surface area contributed by atoms with E-state index in [4.69, 9.17) is 19.3 Å². The van der Waals surface area contributed by atoms with Gasteiger partial charge in [-0.15, -0.1) is 5.10 Å². The van der Waals surface area contributed by atoms with E-state index in [-0.39, 0.29) is 5.56 Å². The Morgan fingerprint density at radius 2 is 1.61 bits per heavy atom. The number of aromatic nitrogens is 5. The molecule has 0 N–H and O–H groups in total. The maximum Gasteiger partial charge on any atom is 0.291 e. The number of hydrogen-bond acceptors (Lipinski definition) is 8. The summed E-state index contributed by atoms with van der Waals surface area (Å²) in [5.74, 6) is 2.46. The lowest BCUT2D eigenvalue weighted by molar-refractivity contribution is 0.355. The topological polar surface area (TPSA) is 92.8 Å². The van der Waals surface area contributed by atoms with Crippen LogP contribution in [0.4, 0.5) is 0 Å². The second-order valence-corrected chi connectivity index (χ2v) is 9.98. The second-order valence-electron chi connectivity index (χ2n) is 8.97.